The number of amides is 1. The molecule has 0 aliphatic rings. The first-order valence-corrected chi connectivity index (χ1v) is 10.6. The van der Waals surface area contributed by atoms with Crippen molar-refractivity contribution in [3.8, 4) is 0 Å². The standard InChI is InChI=1S/C21H26N2O5S/c1-15-10-11-18(29(26,27)23(3)4)13-19(15)22-20(24)14-28-21(25)12-16(2)17-8-6-5-7-9-17/h5-11,13,16H,12,14H2,1-4H3,(H,22,24)/t16-/m0/s1. The largest absolute Gasteiger partial charge is 0.456 e. The van der Waals surface area contributed by atoms with Crippen LogP contribution in [0.5, 0.6) is 0 Å². The van der Waals surface area contributed by atoms with E-state index in [0.29, 0.717) is 11.3 Å². The van der Waals surface area contributed by atoms with Crippen molar-refractivity contribution in [2.24, 2.45) is 0 Å². The molecule has 0 saturated heterocycles. The predicted octanol–water partition coefficient (Wildman–Crippen LogP) is 2.92. The van der Waals surface area contributed by atoms with E-state index < -0.39 is 28.5 Å². The number of benzene rings is 2. The molecule has 2 rings (SSSR count). The lowest BCUT2D eigenvalue weighted by atomic mass is 9.98. The number of hydrogen-bond acceptors (Lipinski definition) is 5. The van der Waals surface area contributed by atoms with Crippen LogP contribution in [-0.2, 0) is 24.3 Å². The van der Waals surface area contributed by atoms with Gasteiger partial charge in [0.25, 0.3) is 5.91 Å². The minimum absolute atomic E-state index is 0.0260. The summed E-state index contributed by atoms with van der Waals surface area (Å²) in [4.78, 5) is 24.3. The lowest BCUT2D eigenvalue weighted by molar-refractivity contribution is -0.147. The van der Waals surface area contributed by atoms with Crippen LogP contribution in [0.25, 0.3) is 0 Å². The first kappa shape index (κ1) is 22.6. The van der Waals surface area contributed by atoms with Gasteiger partial charge in [0.2, 0.25) is 10.0 Å². The van der Waals surface area contributed by atoms with E-state index in [1.165, 1.54) is 26.2 Å². The number of sulfonamides is 1. The zero-order chi connectivity index (χ0) is 21.6. The summed E-state index contributed by atoms with van der Waals surface area (Å²) >= 11 is 0. The van der Waals surface area contributed by atoms with Crippen LogP contribution in [0.15, 0.2) is 53.4 Å². The highest BCUT2D eigenvalue weighted by molar-refractivity contribution is 7.89. The Morgan fingerprint density at radius 3 is 2.38 bits per heavy atom. The van der Waals surface area contributed by atoms with E-state index in [0.717, 1.165) is 9.87 Å². The minimum atomic E-state index is -3.62. The Hall–Kier alpha value is -2.71. The molecular formula is C21H26N2O5S. The van der Waals surface area contributed by atoms with E-state index >= 15 is 0 Å². The molecule has 0 bridgehead atoms. The number of carbonyl (C=O) groups excluding carboxylic acids is 2. The van der Waals surface area contributed by atoms with Crippen LogP contribution < -0.4 is 5.32 Å². The molecule has 1 atom stereocenters. The summed E-state index contributed by atoms with van der Waals surface area (Å²) in [7, 11) is -0.753. The summed E-state index contributed by atoms with van der Waals surface area (Å²) in [5.41, 5.74) is 2.06. The minimum Gasteiger partial charge on any atom is -0.456 e. The van der Waals surface area contributed by atoms with Gasteiger partial charge in [-0.25, -0.2) is 12.7 Å². The SMILES string of the molecule is Cc1ccc(S(=O)(=O)N(C)C)cc1NC(=O)COC(=O)C[C@H](C)c1ccccc1. The van der Waals surface area contributed by atoms with Gasteiger partial charge in [-0.05, 0) is 36.1 Å². The number of aryl methyl sites for hydroxylation is 1. The van der Waals surface area contributed by atoms with Crippen molar-refractivity contribution < 1.29 is 22.7 Å². The Bertz CT molecular complexity index is 972. The molecule has 8 heteroatoms. The highest BCUT2D eigenvalue weighted by Gasteiger charge is 2.19. The molecule has 156 valence electrons. The third kappa shape index (κ3) is 6.13. The fourth-order valence-electron chi connectivity index (χ4n) is 2.65. The van der Waals surface area contributed by atoms with Crippen molar-refractivity contribution in [3.63, 3.8) is 0 Å². The van der Waals surface area contributed by atoms with E-state index in [9.17, 15) is 18.0 Å². The fraction of sp³-hybridized carbons (Fsp3) is 0.333. The van der Waals surface area contributed by atoms with Gasteiger partial charge in [0.15, 0.2) is 6.61 Å². The molecule has 2 aromatic carbocycles. The van der Waals surface area contributed by atoms with Crippen LogP contribution in [0.3, 0.4) is 0 Å². The van der Waals surface area contributed by atoms with Gasteiger partial charge < -0.3 is 10.1 Å². The molecule has 0 aromatic heterocycles. The smallest absolute Gasteiger partial charge is 0.306 e. The topological polar surface area (TPSA) is 92.8 Å². The molecule has 0 saturated carbocycles. The van der Waals surface area contributed by atoms with Crippen LogP contribution >= 0.6 is 0 Å². The van der Waals surface area contributed by atoms with Crippen molar-refractivity contribution in [3.05, 3.63) is 59.7 Å². The van der Waals surface area contributed by atoms with Crippen LogP contribution in [0, 0.1) is 6.92 Å². The van der Waals surface area contributed by atoms with Gasteiger partial charge >= 0.3 is 5.97 Å². The van der Waals surface area contributed by atoms with Crippen molar-refractivity contribution in [2.75, 3.05) is 26.0 Å². The van der Waals surface area contributed by atoms with E-state index in [4.69, 9.17) is 4.74 Å². The van der Waals surface area contributed by atoms with Gasteiger partial charge in [0, 0.05) is 19.8 Å². The predicted molar refractivity (Wildman–Crippen MR) is 111 cm³/mol. The number of carbonyl (C=O) groups is 2. The van der Waals surface area contributed by atoms with Crippen molar-refractivity contribution >= 4 is 27.6 Å². The molecule has 7 nitrogen and oxygen atoms in total. The van der Waals surface area contributed by atoms with Crippen LogP contribution in [0.4, 0.5) is 5.69 Å². The Kier molecular flexibility index (Phi) is 7.53. The zero-order valence-electron chi connectivity index (χ0n) is 17.0. The molecular weight excluding hydrogens is 392 g/mol. The number of nitrogens with one attached hydrogen (secondary N) is 1. The van der Waals surface area contributed by atoms with Gasteiger partial charge in [-0.2, -0.15) is 0 Å². The Balaban J connectivity index is 1.95. The highest BCUT2D eigenvalue weighted by atomic mass is 32.2. The average Bonchev–Trinajstić information content (AvgIpc) is 2.68. The number of rotatable bonds is 8. The van der Waals surface area contributed by atoms with Gasteiger partial charge in [0.05, 0.1) is 11.3 Å². The second kappa shape index (κ2) is 9.67. The first-order chi connectivity index (χ1) is 13.6. The molecule has 0 unspecified atom stereocenters. The lowest BCUT2D eigenvalue weighted by Gasteiger charge is -2.15. The Labute approximate surface area is 171 Å². The molecule has 0 heterocycles. The summed E-state index contributed by atoms with van der Waals surface area (Å²) in [5, 5.41) is 2.60. The second-order valence-corrected chi connectivity index (χ2v) is 9.14. The molecule has 0 aliphatic heterocycles. The van der Waals surface area contributed by atoms with E-state index in [1.54, 1.807) is 13.0 Å². The molecule has 0 fully saturated rings. The van der Waals surface area contributed by atoms with Crippen LogP contribution in [0.2, 0.25) is 0 Å². The molecule has 0 aliphatic carbocycles. The summed E-state index contributed by atoms with van der Waals surface area (Å²) in [6.07, 6.45) is 0.160. The zero-order valence-corrected chi connectivity index (χ0v) is 17.8. The molecule has 0 radical (unpaired) electrons. The first-order valence-electron chi connectivity index (χ1n) is 9.15. The lowest BCUT2D eigenvalue weighted by Crippen LogP contribution is -2.24. The van der Waals surface area contributed by atoms with Gasteiger partial charge in [-0.3, -0.25) is 9.59 Å². The van der Waals surface area contributed by atoms with Gasteiger partial charge in [-0.15, -0.1) is 0 Å². The number of esters is 1. The molecule has 29 heavy (non-hydrogen) atoms. The van der Waals surface area contributed by atoms with Crippen LogP contribution in [-0.4, -0.2) is 45.3 Å². The monoisotopic (exact) mass is 418 g/mol. The number of nitrogens with zero attached hydrogens (tertiary/aromatic N) is 1. The van der Waals surface area contributed by atoms with Gasteiger partial charge in [0.1, 0.15) is 0 Å². The molecule has 0 spiro atoms. The normalized spacial score (nSPS) is 12.4. The number of ether oxygens (including phenoxy) is 1. The Morgan fingerprint density at radius 1 is 1.10 bits per heavy atom. The average molecular weight is 419 g/mol. The number of anilines is 1. The quantitative estimate of drug-likeness (QED) is 0.666. The molecule has 1 amide bonds. The third-order valence-electron chi connectivity index (χ3n) is 4.47. The fourth-order valence-corrected chi connectivity index (χ4v) is 3.58. The third-order valence-corrected chi connectivity index (χ3v) is 6.28. The molecule has 2 aromatic rings. The van der Waals surface area contributed by atoms with E-state index in [2.05, 4.69) is 5.32 Å². The maximum absolute atomic E-state index is 12.3. The van der Waals surface area contributed by atoms with Crippen molar-refractivity contribution in [1.29, 1.82) is 0 Å². The maximum Gasteiger partial charge on any atom is 0.306 e. The highest BCUT2D eigenvalue weighted by Crippen LogP contribution is 2.22. The maximum atomic E-state index is 12.3. The van der Waals surface area contributed by atoms with Gasteiger partial charge in [-0.1, -0.05) is 43.3 Å². The van der Waals surface area contributed by atoms with E-state index in [-0.39, 0.29) is 17.2 Å². The Morgan fingerprint density at radius 2 is 1.76 bits per heavy atom. The van der Waals surface area contributed by atoms with Crippen molar-refractivity contribution in [2.45, 2.75) is 31.1 Å². The summed E-state index contributed by atoms with van der Waals surface area (Å²) < 4.78 is 30.7. The summed E-state index contributed by atoms with van der Waals surface area (Å²) in [6, 6.07) is 14.0. The summed E-state index contributed by atoms with van der Waals surface area (Å²) in [5.74, 6) is -1.03. The summed E-state index contributed by atoms with van der Waals surface area (Å²) in [6.45, 7) is 3.22. The number of hydrogen-bond donors (Lipinski definition) is 1. The van der Waals surface area contributed by atoms with Crippen LogP contribution in [0.1, 0.15) is 30.4 Å². The van der Waals surface area contributed by atoms with E-state index in [1.807, 2.05) is 37.3 Å². The second-order valence-electron chi connectivity index (χ2n) is 6.99. The molecule has 1 N–H and O–H groups in total. The van der Waals surface area contributed by atoms with Crippen molar-refractivity contribution in [1.82, 2.24) is 4.31 Å².